The van der Waals surface area contributed by atoms with Gasteiger partial charge in [0.15, 0.2) is 0 Å². The SMILES string of the molecule is CC[C@@H](C(=O)NC1CCC(n2cnnc2)CC1)N1Cc2ccccc2C1=O. The molecule has 0 unspecified atom stereocenters. The Bertz CT molecular complexity index is 812. The third-order valence-electron chi connectivity index (χ3n) is 5.82. The van der Waals surface area contributed by atoms with Crippen molar-refractivity contribution in [2.45, 2.75) is 63.7 Å². The van der Waals surface area contributed by atoms with E-state index in [9.17, 15) is 9.59 Å². The first-order valence-corrected chi connectivity index (χ1v) is 9.70. The molecule has 1 aliphatic heterocycles. The number of nitrogens with one attached hydrogen (secondary N) is 1. The van der Waals surface area contributed by atoms with Crippen molar-refractivity contribution in [3.05, 3.63) is 48.0 Å². The maximum absolute atomic E-state index is 12.9. The second-order valence-electron chi connectivity index (χ2n) is 7.44. The minimum Gasteiger partial charge on any atom is -0.352 e. The Hall–Kier alpha value is -2.70. The highest BCUT2D eigenvalue weighted by Gasteiger charge is 2.36. The minimum absolute atomic E-state index is 0.0357. The maximum atomic E-state index is 12.9. The Labute approximate surface area is 158 Å². The molecule has 1 aliphatic carbocycles. The lowest BCUT2D eigenvalue weighted by atomic mass is 9.91. The topological polar surface area (TPSA) is 80.1 Å². The van der Waals surface area contributed by atoms with E-state index in [1.54, 1.807) is 17.6 Å². The molecule has 142 valence electrons. The fourth-order valence-electron chi connectivity index (χ4n) is 4.29. The number of fused-ring (bicyclic) bond motifs is 1. The molecule has 1 saturated carbocycles. The summed E-state index contributed by atoms with van der Waals surface area (Å²) in [5, 5.41) is 10.9. The molecule has 1 aromatic heterocycles. The van der Waals surface area contributed by atoms with Crippen molar-refractivity contribution in [1.82, 2.24) is 25.0 Å². The van der Waals surface area contributed by atoms with Crippen LogP contribution in [0, 0.1) is 0 Å². The van der Waals surface area contributed by atoms with Gasteiger partial charge in [0.05, 0.1) is 0 Å². The third kappa shape index (κ3) is 3.46. The zero-order valence-electron chi connectivity index (χ0n) is 15.5. The van der Waals surface area contributed by atoms with Gasteiger partial charge in [-0.2, -0.15) is 0 Å². The van der Waals surface area contributed by atoms with E-state index in [1.807, 2.05) is 35.8 Å². The molecule has 0 saturated heterocycles. The highest BCUT2D eigenvalue weighted by atomic mass is 16.2. The molecule has 2 aliphatic rings. The molecule has 0 bridgehead atoms. The van der Waals surface area contributed by atoms with E-state index in [-0.39, 0.29) is 17.9 Å². The lowest BCUT2D eigenvalue weighted by Crippen LogP contribution is -2.50. The predicted molar refractivity (Wildman–Crippen MR) is 99.9 cm³/mol. The molecule has 2 amide bonds. The number of nitrogens with zero attached hydrogens (tertiary/aromatic N) is 4. The number of amides is 2. The second-order valence-corrected chi connectivity index (χ2v) is 7.44. The quantitative estimate of drug-likeness (QED) is 0.879. The molecule has 1 fully saturated rings. The summed E-state index contributed by atoms with van der Waals surface area (Å²) in [5.41, 5.74) is 1.72. The standard InChI is InChI=1S/C20H25N5O2/c1-2-18(25-11-14-5-3-4-6-17(14)20(25)27)19(26)23-15-7-9-16(10-8-15)24-12-21-22-13-24/h3-6,12-13,15-16,18H,2,7-11H2,1H3,(H,23,26)/t15?,16?,18-/m0/s1. The Morgan fingerprint density at radius 3 is 2.56 bits per heavy atom. The summed E-state index contributed by atoms with van der Waals surface area (Å²) in [6.07, 6.45) is 7.97. The Morgan fingerprint density at radius 1 is 1.19 bits per heavy atom. The predicted octanol–water partition coefficient (Wildman–Crippen LogP) is 2.31. The van der Waals surface area contributed by atoms with Gasteiger partial charge in [-0.3, -0.25) is 9.59 Å². The monoisotopic (exact) mass is 367 g/mol. The molecular weight excluding hydrogens is 342 g/mol. The zero-order valence-corrected chi connectivity index (χ0v) is 15.5. The molecule has 0 radical (unpaired) electrons. The lowest BCUT2D eigenvalue weighted by molar-refractivity contribution is -0.126. The average Bonchev–Trinajstić information content (AvgIpc) is 3.33. The molecule has 1 N–H and O–H groups in total. The molecule has 7 nitrogen and oxygen atoms in total. The first kappa shape index (κ1) is 17.7. The van der Waals surface area contributed by atoms with Crippen LogP contribution in [0.4, 0.5) is 0 Å². The summed E-state index contributed by atoms with van der Waals surface area (Å²) in [7, 11) is 0. The summed E-state index contributed by atoms with van der Waals surface area (Å²) in [6, 6.07) is 7.77. The van der Waals surface area contributed by atoms with Crippen LogP contribution in [0.2, 0.25) is 0 Å². The number of hydrogen-bond donors (Lipinski definition) is 1. The Kier molecular flexibility index (Phi) is 4.92. The highest BCUT2D eigenvalue weighted by molar-refractivity contribution is 6.01. The van der Waals surface area contributed by atoms with E-state index in [1.165, 1.54) is 0 Å². The van der Waals surface area contributed by atoms with Crippen LogP contribution >= 0.6 is 0 Å². The van der Waals surface area contributed by atoms with Crippen LogP contribution in [0.3, 0.4) is 0 Å². The number of hydrogen-bond acceptors (Lipinski definition) is 4. The fraction of sp³-hybridized carbons (Fsp3) is 0.500. The van der Waals surface area contributed by atoms with Gasteiger partial charge in [-0.05, 0) is 43.7 Å². The van der Waals surface area contributed by atoms with E-state index in [0.29, 0.717) is 19.0 Å². The van der Waals surface area contributed by atoms with Gasteiger partial charge >= 0.3 is 0 Å². The van der Waals surface area contributed by atoms with Gasteiger partial charge in [0.2, 0.25) is 5.91 Å². The number of carbonyl (C=O) groups is 2. The van der Waals surface area contributed by atoms with Crippen LogP contribution in [-0.2, 0) is 11.3 Å². The number of benzene rings is 1. The van der Waals surface area contributed by atoms with Crippen molar-refractivity contribution < 1.29 is 9.59 Å². The highest BCUT2D eigenvalue weighted by Crippen LogP contribution is 2.29. The molecule has 0 spiro atoms. The summed E-state index contributed by atoms with van der Waals surface area (Å²) < 4.78 is 2.05. The van der Waals surface area contributed by atoms with Crippen LogP contribution < -0.4 is 5.32 Å². The van der Waals surface area contributed by atoms with Crippen molar-refractivity contribution in [3.8, 4) is 0 Å². The number of rotatable bonds is 5. The lowest BCUT2D eigenvalue weighted by Gasteiger charge is -2.32. The van der Waals surface area contributed by atoms with Gasteiger partial charge < -0.3 is 14.8 Å². The molecule has 4 rings (SSSR count). The van der Waals surface area contributed by atoms with Crippen LogP contribution in [0.1, 0.15) is 61.0 Å². The zero-order chi connectivity index (χ0) is 18.8. The average molecular weight is 367 g/mol. The van der Waals surface area contributed by atoms with E-state index in [4.69, 9.17) is 0 Å². The minimum atomic E-state index is -0.416. The first-order chi connectivity index (χ1) is 13.2. The van der Waals surface area contributed by atoms with Crippen molar-refractivity contribution in [2.24, 2.45) is 0 Å². The van der Waals surface area contributed by atoms with Gasteiger partial charge in [-0.15, -0.1) is 10.2 Å². The number of aromatic nitrogens is 3. The smallest absolute Gasteiger partial charge is 0.255 e. The molecule has 2 aromatic rings. The molecule has 7 heteroatoms. The summed E-state index contributed by atoms with van der Waals surface area (Å²) in [5.74, 6) is -0.0738. The molecular formula is C20H25N5O2. The molecule has 1 aromatic carbocycles. The van der Waals surface area contributed by atoms with E-state index < -0.39 is 6.04 Å². The van der Waals surface area contributed by atoms with Gasteiger partial charge in [0, 0.05) is 24.2 Å². The fourth-order valence-corrected chi connectivity index (χ4v) is 4.29. The second kappa shape index (κ2) is 7.50. The van der Waals surface area contributed by atoms with Crippen LogP contribution in [0.5, 0.6) is 0 Å². The first-order valence-electron chi connectivity index (χ1n) is 9.70. The van der Waals surface area contributed by atoms with Crippen molar-refractivity contribution in [3.63, 3.8) is 0 Å². The Morgan fingerprint density at radius 2 is 1.89 bits per heavy atom. The molecule has 2 heterocycles. The van der Waals surface area contributed by atoms with Gasteiger partial charge in [-0.1, -0.05) is 25.1 Å². The van der Waals surface area contributed by atoms with Gasteiger partial charge in [0.1, 0.15) is 18.7 Å². The van der Waals surface area contributed by atoms with E-state index in [2.05, 4.69) is 15.5 Å². The molecule has 1 atom stereocenters. The van der Waals surface area contributed by atoms with Crippen molar-refractivity contribution in [1.29, 1.82) is 0 Å². The Balaban J connectivity index is 1.36. The van der Waals surface area contributed by atoms with Crippen LogP contribution in [-0.4, -0.2) is 43.6 Å². The van der Waals surface area contributed by atoms with Crippen LogP contribution in [0.25, 0.3) is 0 Å². The normalized spacial score (nSPS) is 23.1. The van der Waals surface area contributed by atoms with Crippen LogP contribution in [0.15, 0.2) is 36.9 Å². The molecule has 27 heavy (non-hydrogen) atoms. The van der Waals surface area contributed by atoms with E-state index in [0.717, 1.165) is 36.8 Å². The summed E-state index contributed by atoms with van der Waals surface area (Å²) in [4.78, 5) is 27.3. The van der Waals surface area contributed by atoms with E-state index >= 15 is 0 Å². The third-order valence-corrected chi connectivity index (χ3v) is 5.82. The van der Waals surface area contributed by atoms with Crippen molar-refractivity contribution in [2.75, 3.05) is 0 Å². The largest absolute Gasteiger partial charge is 0.352 e. The number of carbonyl (C=O) groups excluding carboxylic acids is 2. The van der Waals surface area contributed by atoms with Gasteiger partial charge in [0.25, 0.3) is 5.91 Å². The summed E-state index contributed by atoms with van der Waals surface area (Å²) in [6.45, 7) is 2.48. The maximum Gasteiger partial charge on any atom is 0.255 e. The van der Waals surface area contributed by atoms with Gasteiger partial charge in [-0.25, -0.2) is 0 Å². The van der Waals surface area contributed by atoms with Crippen molar-refractivity contribution >= 4 is 11.8 Å². The summed E-state index contributed by atoms with van der Waals surface area (Å²) >= 11 is 0.